The summed E-state index contributed by atoms with van der Waals surface area (Å²) in [5.41, 5.74) is 2.15. The van der Waals surface area contributed by atoms with Crippen molar-refractivity contribution in [3.05, 3.63) is 65.7 Å². The summed E-state index contributed by atoms with van der Waals surface area (Å²) in [7, 11) is 0. The number of anilines is 1. The van der Waals surface area contributed by atoms with Gasteiger partial charge in [0.2, 0.25) is 5.91 Å². The molecule has 2 amide bonds. The molecule has 0 radical (unpaired) electrons. The first-order valence-corrected chi connectivity index (χ1v) is 8.34. The van der Waals surface area contributed by atoms with E-state index in [0.717, 1.165) is 5.56 Å². The highest BCUT2D eigenvalue weighted by Gasteiger charge is 2.16. The van der Waals surface area contributed by atoms with Gasteiger partial charge in [0, 0.05) is 30.6 Å². The van der Waals surface area contributed by atoms with Gasteiger partial charge in [0.15, 0.2) is 0 Å². The van der Waals surface area contributed by atoms with Crippen LogP contribution >= 0.6 is 0 Å². The van der Waals surface area contributed by atoms with Gasteiger partial charge in [-0.05, 0) is 37.1 Å². The van der Waals surface area contributed by atoms with E-state index in [1.165, 1.54) is 6.92 Å². The summed E-state index contributed by atoms with van der Waals surface area (Å²) in [6.07, 6.45) is 0.112. The molecule has 0 aliphatic rings. The molecule has 2 unspecified atom stereocenters. The van der Waals surface area contributed by atoms with E-state index in [1.54, 1.807) is 31.2 Å². The van der Waals surface area contributed by atoms with E-state index >= 15 is 0 Å². The number of carbonyl (C=O) groups excluding carboxylic acids is 2. The number of rotatable bonds is 7. The maximum Gasteiger partial charge on any atom is 0.251 e. The number of amides is 2. The zero-order valence-electron chi connectivity index (χ0n) is 14.5. The number of aliphatic hydroxyl groups is 1. The first-order chi connectivity index (χ1) is 12.0. The molecule has 0 aromatic heterocycles. The number of carbonyl (C=O) groups is 2. The normalized spacial score (nSPS) is 12.9. The fraction of sp³-hybridized carbons (Fsp3) is 0.300. The number of benzene rings is 2. The lowest BCUT2D eigenvalue weighted by Gasteiger charge is -2.19. The van der Waals surface area contributed by atoms with Crippen LogP contribution in [0.3, 0.4) is 0 Å². The molecular formula is C20H24N2O3. The number of hydrogen-bond acceptors (Lipinski definition) is 3. The molecule has 2 rings (SSSR count). The summed E-state index contributed by atoms with van der Waals surface area (Å²) >= 11 is 0. The smallest absolute Gasteiger partial charge is 0.251 e. The van der Waals surface area contributed by atoms with Crippen LogP contribution in [0.5, 0.6) is 0 Å². The van der Waals surface area contributed by atoms with E-state index in [0.29, 0.717) is 24.2 Å². The molecule has 25 heavy (non-hydrogen) atoms. The van der Waals surface area contributed by atoms with Gasteiger partial charge < -0.3 is 15.7 Å². The number of hydrogen-bond donors (Lipinski definition) is 3. The average molecular weight is 340 g/mol. The second-order valence-corrected chi connectivity index (χ2v) is 6.16. The molecule has 0 spiro atoms. The Labute approximate surface area is 148 Å². The highest BCUT2D eigenvalue weighted by atomic mass is 16.3. The van der Waals surface area contributed by atoms with Crippen molar-refractivity contribution in [2.75, 3.05) is 11.9 Å². The van der Waals surface area contributed by atoms with E-state index in [4.69, 9.17) is 0 Å². The zero-order chi connectivity index (χ0) is 18.2. The standard InChI is InChI=1S/C20H24N2O3/c1-14(23)11-18(16-7-4-3-5-8-16)13-21-20(25)17-9-6-10-19(12-17)22-15(2)24/h3-10,12,14,18,23H,11,13H2,1-2H3,(H,21,25)(H,22,24). The Morgan fingerprint density at radius 2 is 1.80 bits per heavy atom. The van der Waals surface area contributed by atoms with Crippen LogP contribution in [0.4, 0.5) is 5.69 Å². The molecule has 2 aromatic carbocycles. The SMILES string of the molecule is CC(=O)Nc1cccc(C(=O)NCC(CC(C)O)c2ccccc2)c1. The largest absolute Gasteiger partial charge is 0.393 e. The highest BCUT2D eigenvalue weighted by molar-refractivity contribution is 5.96. The van der Waals surface area contributed by atoms with Gasteiger partial charge >= 0.3 is 0 Å². The highest BCUT2D eigenvalue weighted by Crippen LogP contribution is 2.21. The second-order valence-electron chi connectivity index (χ2n) is 6.16. The lowest BCUT2D eigenvalue weighted by atomic mass is 9.93. The van der Waals surface area contributed by atoms with Gasteiger partial charge in [-0.15, -0.1) is 0 Å². The van der Waals surface area contributed by atoms with Crippen molar-refractivity contribution in [3.8, 4) is 0 Å². The average Bonchev–Trinajstić information content (AvgIpc) is 2.58. The van der Waals surface area contributed by atoms with Crippen LogP contribution in [0.2, 0.25) is 0 Å². The fourth-order valence-electron chi connectivity index (χ4n) is 2.73. The fourth-order valence-corrected chi connectivity index (χ4v) is 2.73. The second kappa shape index (κ2) is 8.99. The summed E-state index contributed by atoms with van der Waals surface area (Å²) in [6, 6.07) is 16.6. The molecule has 132 valence electrons. The Morgan fingerprint density at radius 3 is 2.44 bits per heavy atom. The van der Waals surface area contributed by atoms with Crippen LogP contribution in [0, 0.1) is 0 Å². The van der Waals surface area contributed by atoms with Crippen molar-refractivity contribution >= 4 is 17.5 Å². The van der Waals surface area contributed by atoms with Crippen molar-refractivity contribution in [1.82, 2.24) is 5.32 Å². The molecule has 2 atom stereocenters. The van der Waals surface area contributed by atoms with Crippen molar-refractivity contribution < 1.29 is 14.7 Å². The summed E-state index contributed by atoms with van der Waals surface area (Å²) in [6.45, 7) is 3.60. The van der Waals surface area contributed by atoms with Gasteiger partial charge in [-0.2, -0.15) is 0 Å². The minimum Gasteiger partial charge on any atom is -0.393 e. The molecule has 3 N–H and O–H groups in total. The summed E-state index contributed by atoms with van der Waals surface area (Å²) in [5.74, 6) is -0.360. The lowest BCUT2D eigenvalue weighted by molar-refractivity contribution is -0.114. The summed E-state index contributed by atoms with van der Waals surface area (Å²) in [4.78, 5) is 23.6. The minimum atomic E-state index is -0.454. The van der Waals surface area contributed by atoms with E-state index in [2.05, 4.69) is 10.6 Å². The molecule has 5 nitrogen and oxygen atoms in total. The quantitative estimate of drug-likeness (QED) is 0.725. The maximum atomic E-state index is 12.4. The maximum absolute atomic E-state index is 12.4. The van der Waals surface area contributed by atoms with Crippen LogP contribution in [0.15, 0.2) is 54.6 Å². The number of nitrogens with one attached hydrogen (secondary N) is 2. The summed E-state index contributed by atoms with van der Waals surface area (Å²) in [5, 5.41) is 15.3. The molecular weight excluding hydrogens is 316 g/mol. The van der Waals surface area contributed by atoms with Crippen LogP contribution in [-0.2, 0) is 4.79 Å². The number of aliphatic hydroxyl groups excluding tert-OH is 1. The van der Waals surface area contributed by atoms with Crippen molar-refractivity contribution in [3.63, 3.8) is 0 Å². The predicted octanol–water partition coefficient (Wildman–Crippen LogP) is 2.93. The molecule has 0 heterocycles. The molecule has 0 saturated heterocycles. The van der Waals surface area contributed by atoms with Crippen LogP contribution in [-0.4, -0.2) is 29.6 Å². The van der Waals surface area contributed by atoms with E-state index in [1.807, 2.05) is 30.3 Å². The molecule has 2 aromatic rings. The van der Waals surface area contributed by atoms with E-state index < -0.39 is 6.10 Å². The molecule has 0 fully saturated rings. The Morgan fingerprint density at radius 1 is 1.08 bits per heavy atom. The van der Waals surface area contributed by atoms with Crippen LogP contribution in [0.25, 0.3) is 0 Å². The molecule has 5 heteroatoms. The van der Waals surface area contributed by atoms with Gasteiger partial charge in [0.25, 0.3) is 5.91 Å². The first-order valence-electron chi connectivity index (χ1n) is 8.34. The zero-order valence-corrected chi connectivity index (χ0v) is 14.5. The third kappa shape index (κ3) is 6.04. The van der Waals surface area contributed by atoms with Gasteiger partial charge in [-0.1, -0.05) is 36.4 Å². The summed E-state index contributed by atoms with van der Waals surface area (Å²) < 4.78 is 0. The van der Waals surface area contributed by atoms with Crippen molar-refractivity contribution in [2.24, 2.45) is 0 Å². The molecule has 0 aliphatic carbocycles. The van der Waals surface area contributed by atoms with Crippen molar-refractivity contribution in [1.29, 1.82) is 0 Å². The Kier molecular flexibility index (Phi) is 6.71. The van der Waals surface area contributed by atoms with Crippen molar-refractivity contribution in [2.45, 2.75) is 32.3 Å². The van der Waals surface area contributed by atoms with Gasteiger partial charge in [-0.3, -0.25) is 9.59 Å². The molecule has 0 bridgehead atoms. The monoisotopic (exact) mass is 340 g/mol. The Hall–Kier alpha value is -2.66. The Bertz CT molecular complexity index is 714. The first kappa shape index (κ1) is 18.7. The Balaban J connectivity index is 2.04. The van der Waals surface area contributed by atoms with E-state index in [-0.39, 0.29) is 17.7 Å². The third-order valence-corrected chi connectivity index (χ3v) is 3.85. The predicted molar refractivity (Wildman–Crippen MR) is 98.6 cm³/mol. The molecule has 0 saturated carbocycles. The lowest BCUT2D eigenvalue weighted by Crippen LogP contribution is -2.29. The van der Waals surface area contributed by atoms with E-state index in [9.17, 15) is 14.7 Å². The van der Waals surface area contributed by atoms with Crippen LogP contribution < -0.4 is 10.6 Å². The molecule has 0 aliphatic heterocycles. The van der Waals surface area contributed by atoms with Gasteiger partial charge in [-0.25, -0.2) is 0 Å². The topological polar surface area (TPSA) is 78.4 Å². The third-order valence-electron chi connectivity index (χ3n) is 3.85. The van der Waals surface area contributed by atoms with Gasteiger partial charge in [0.1, 0.15) is 0 Å². The van der Waals surface area contributed by atoms with Gasteiger partial charge in [0.05, 0.1) is 6.10 Å². The van der Waals surface area contributed by atoms with Crippen LogP contribution in [0.1, 0.15) is 42.1 Å². The minimum absolute atomic E-state index is 0.0312.